The van der Waals surface area contributed by atoms with Crippen LogP contribution < -0.4 is 0 Å². The van der Waals surface area contributed by atoms with Gasteiger partial charge in [0.15, 0.2) is 0 Å². The molecule has 2 fully saturated rings. The highest BCUT2D eigenvalue weighted by Gasteiger charge is 2.53. The van der Waals surface area contributed by atoms with Crippen LogP contribution in [0.5, 0.6) is 0 Å². The lowest BCUT2D eigenvalue weighted by molar-refractivity contribution is -0.146. The largest absolute Gasteiger partial charge is 0.467 e. The molecule has 2 rings (SSSR count). The van der Waals surface area contributed by atoms with E-state index in [-0.39, 0.29) is 13.0 Å². The van der Waals surface area contributed by atoms with Crippen LogP contribution in [0.25, 0.3) is 0 Å². The Bertz CT molecular complexity index is 461. The minimum atomic E-state index is -4.74. The molecule has 0 spiro atoms. The van der Waals surface area contributed by atoms with Crippen LogP contribution in [0.4, 0.5) is 4.79 Å². The number of hydrogen-bond donors (Lipinski definition) is 1. The van der Waals surface area contributed by atoms with Gasteiger partial charge in [-0.1, -0.05) is 0 Å². The van der Waals surface area contributed by atoms with Gasteiger partial charge in [-0.2, -0.15) is 13.5 Å². The number of amides is 2. The van der Waals surface area contributed by atoms with Crippen LogP contribution in [0.2, 0.25) is 0 Å². The van der Waals surface area contributed by atoms with Crippen molar-refractivity contribution in [1.82, 2.24) is 9.96 Å². The van der Waals surface area contributed by atoms with Crippen molar-refractivity contribution >= 4 is 22.4 Å². The van der Waals surface area contributed by atoms with Gasteiger partial charge >= 0.3 is 22.4 Å². The van der Waals surface area contributed by atoms with Gasteiger partial charge in [0.05, 0.1) is 13.2 Å². The van der Waals surface area contributed by atoms with Crippen molar-refractivity contribution in [1.29, 1.82) is 0 Å². The summed E-state index contributed by atoms with van der Waals surface area (Å²) < 4.78 is 38.1. The van der Waals surface area contributed by atoms with E-state index in [1.54, 1.807) is 0 Å². The summed E-state index contributed by atoms with van der Waals surface area (Å²) in [5.74, 6) is -0.563. The molecule has 2 atom stereocenters. The first-order valence-electron chi connectivity index (χ1n) is 4.68. The Labute approximate surface area is 96.8 Å². The van der Waals surface area contributed by atoms with Crippen molar-refractivity contribution in [3.8, 4) is 0 Å². The van der Waals surface area contributed by atoms with E-state index in [2.05, 4.69) is 9.02 Å². The van der Waals surface area contributed by atoms with E-state index >= 15 is 0 Å². The predicted octanol–water partition coefficient (Wildman–Crippen LogP) is -1.23. The average Bonchev–Trinajstić information content (AvgIpc) is 2.76. The molecule has 0 aliphatic carbocycles. The Kier molecular flexibility index (Phi) is 2.72. The molecule has 0 aromatic carbocycles. The number of rotatable bonds is 3. The van der Waals surface area contributed by atoms with Crippen molar-refractivity contribution in [2.75, 3.05) is 13.7 Å². The summed E-state index contributed by atoms with van der Waals surface area (Å²) in [5.41, 5.74) is 0. The highest BCUT2D eigenvalue weighted by Crippen LogP contribution is 2.32. The van der Waals surface area contributed by atoms with Gasteiger partial charge in [-0.15, -0.1) is 4.28 Å². The minimum Gasteiger partial charge on any atom is -0.467 e. The van der Waals surface area contributed by atoms with Gasteiger partial charge in [0.1, 0.15) is 6.04 Å². The van der Waals surface area contributed by atoms with Crippen molar-refractivity contribution in [3.63, 3.8) is 0 Å². The molecule has 9 nitrogen and oxygen atoms in total. The lowest BCUT2D eigenvalue weighted by Crippen LogP contribution is -2.49. The Morgan fingerprint density at radius 3 is 2.65 bits per heavy atom. The molecule has 1 N–H and O–H groups in total. The van der Waals surface area contributed by atoms with Crippen LogP contribution >= 0.6 is 0 Å². The minimum absolute atomic E-state index is 0.161. The highest BCUT2D eigenvalue weighted by molar-refractivity contribution is 7.80. The molecule has 2 aliphatic rings. The van der Waals surface area contributed by atoms with Gasteiger partial charge < -0.3 is 9.64 Å². The number of carbonyl (C=O) groups is 2. The Balaban J connectivity index is 2.12. The number of hydrogen-bond acceptors (Lipinski definition) is 6. The summed E-state index contributed by atoms with van der Waals surface area (Å²) in [6, 6.07) is -2.10. The molecule has 2 heterocycles. The van der Waals surface area contributed by atoms with E-state index in [4.69, 9.17) is 4.55 Å². The number of nitrogens with zero attached hydrogens (tertiary/aromatic N) is 2. The fourth-order valence-corrected chi connectivity index (χ4v) is 2.42. The predicted molar refractivity (Wildman–Crippen MR) is 50.8 cm³/mol. The zero-order valence-corrected chi connectivity index (χ0v) is 9.58. The second-order valence-electron chi connectivity index (χ2n) is 3.69. The van der Waals surface area contributed by atoms with E-state index in [0.717, 1.165) is 4.90 Å². The summed E-state index contributed by atoms with van der Waals surface area (Å²) in [7, 11) is -3.54. The fourth-order valence-electron chi connectivity index (χ4n) is 2.03. The van der Waals surface area contributed by atoms with Crippen LogP contribution in [0.3, 0.4) is 0 Å². The first-order chi connectivity index (χ1) is 7.83. The average molecular weight is 266 g/mol. The number of ether oxygens (including phenoxy) is 1. The molecule has 0 saturated carbocycles. The molecule has 2 aliphatic heterocycles. The summed E-state index contributed by atoms with van der Waals surface area (Å²) in [6.45, 7) is 0.161. The van der Waals surface area contributed by atoms with Gasteiger partial charge in [0.2, 0.25) is 0 Å². The third-order valence-corrected chi connectivity index (χ3v) is 3.04. The van der Waals surface area contributed by atoms with Crippen molar-refractivity contribution in [3.05, 3.63) is 0 Å². The van der Waals surface area contributed by atoms with Gasteiger partial charge in [0.25, 0.3) is 0 Å². The molecule has 1 unspecified atom stereocenters. The van der Waals surface area contributed by atoms with E-state index < -0.39 is 34.5 Å². The van der Waals surface area contributed by atoms with E-state index in [9.17, 15) is 18.0 Å². The maximum absolute atomic E-state index is 11.6. The molecule has 0 radical (unpaired) electrons. The van der Waals surface area contributed by atoms with Crippen LogP contribution in [-0.2, 0) is 24.2 Å². The Hall–Kier alpha value is -1.39. The number of esters is 1. The molecule has 2 amide bonds. The number of urea groups is 1. The molecule has 0 aromatic rings. The standard InChI is InChI=1S/C7H10N2O7S/c1-15-6(10)5-2-4-3-8(5)7(11)9(4)16-17(12,13)14/h4-5H,2-3H2,1H3,(H,12,13,14)/t4-,5?/m0/s1. The van der Waals surface area contributed by atoms with Crippen LogP contribution in [-0.4, -0.2) is 60.7 Å². The molecule has 17 heavy (non-hydrogen) atoms. The van der Waals surface area contributed by atoms with Gasteiger partial charge in [0, 0.05) is 13.0 Å². The molecule has 2 saturated heterocycles. The van der Waals surface area contributed by atoms with Crippen LogP contribution in [0.15, 0.2) is 0 Å². The van der Waals surface area contributed by atoms with Crippen molar-refractivity contribution in [2.24, 2.45) is 0 Å². The monoisotopic (exact) mass is 266 g/mol. The zero-order valence-electron chi connectivity index (χ0n) is 8.77. The first kappa shape index (κ1) is 12.1. The molecule has 10 heteroatoms. The lowest BCUT2D eigenvalue weighted by atomic mass is 10.1. The number of carbonyl (C=O) groups excluding carboxylic acids is 2. The van der Waals surface area contributed by atoms with Gasteiger partial charge in [-0.3, -0.25) is 4.55 Å². The summed E-state index contributed by atoms with van der Waals surface area (Å²) in [5, 5.41) is 0.550. The lowest BCUT2D eigenvalue weighted by Gasteiger charge is -2.28. The zero-order chi connectivity index (χ0) is 12.8. The van der Waals surface area contributed by atoms with E-state index in [0.29, 0.717) is 5.06 Å². The second-order valence-corrected chi connectivity index (χ2v) is 4.70. The van der Waals surface area contributed by atoms with Crippen LogP contribution in [0.1, 0.15) is 6.42 Å². The molecular weight excluding hydrogens is 256 g/mol. The van der Waals surface area contributed by atoms with Crippen molar-refractivity contribution in [2.45, 2.75) is 18.5 Å². The van der Waals surface area contributed by atoms with Gasteiger partial charge in [-0.25, -0.2) is 9.59 Å². The normalized spacial score (nSPS) is 27.8. The highest BCUT2D eigenvalue weighted by atomic mass is 32.3. The van der Waals surface area contributed by atoms with E-state index in [1.807, 2.05) is 0 Å². The second kappa shape index (κ2) is 3.82. The van der Waals surface area contributed by atoms with Crippen LogP contribution in [0, 0.1) is 0 Å². The summed E-state index contributed by atoms with van der Waals surface area (Å²) in [4.78, 5) is 24.1. The first-order valence-corrected chi connectivity index (χ1v) is 6.04. The number of hydroxylamine groups is 2. The summed E-state index contributed by atoms with van der Waals surface area (Å²) in [6.07, 6.45) is 0.202. The molecule has 0 aromatic heterocycles. The fraction of sp³-hybridized carbons (Fsp3) is 0.714. The SMILES string of the molecule is COC(=O)C1C[C@H]2CN1C(=O)N2OS(=O)(=O)O. The van der Waals surface area contributed by atoms with E-state index in [1.165, 1.54) is 7.11 Å². The quantitative estimate of drug-likeness (QED) is 0.502. The summed E-state index contributed by atoms with van der Waals surface area (Å²) >= 11 is 0. The molecule has 96 valence electrons. The smallest absolute Gasteiger partial charge is 0.418 e. The Morgan fingerprint density at radius 2 is 2.18 bits per heavy atom. The number of fused-ring (bicyclic) bond motifs is 2. The third-order valence-electron chi connectivity index (χ3n) is 2.69. The third kappa shape index (κ3) is 2.06. The van der Waals surface area contributed by atoms with Gasteiger partial charge in [-0.05, 0) is 0 Å². The van der Waals surface area contributed by atoms with Crippen molar-refractivity contribution < 1.29 is 31.6 Å². The molecule has 2 bridgehead atoms. The maximum Gasteiger partial charge on any atom is 0.418 e. The molecular formula is C7H10N2O7S. The number of methoxy groups -OCH3 is 1. The topological polar surface area (TPSA) is 113 Å². The Morgan fingerprint density at radius 1 is 1.53 bits per heavy atom. The maximum atomic E-state index is 11.6.